The average Bonchev–Trinajstić information content (AvgIpc) is 2.89. The third-order valence-corrected chi connectivity index (χ3v) is 4.24. The van der Waals surface area contributed by atoms with Crippen molar-refractivity contribution in [2.75, 3.05) is 0 Å². The molecule has 3 rings (SSSR count). The van der Waals surface area contributed by atoms with Crippen molar-refractivity contribution in [3.63, 3.8) is 0 Å². The molecule has 1 unspecified atom stereocenters. The summed E-state index contributed by atoms with van der Waals surface area (Å²) < 4.78 is 1.82. The van der Waals surface area contributed by atoms with Gasteiger partial charge in [0.2, 0.25) is 4.96 Å². The molecule has 2 N–H and O–H groups in total. The zero-order chi connectivity index (χ0) is 13.6. The van der Waals surface area contributed by atoms with E-state index in [0.717, 1.165) is 15.7 Å². The summed E-state index contributed by atoms with van der Waals surface area (Å²) in [6.07, 6.45) is 1.97. The molecule has 5 heteroatoms. The van der Waals surface area contributed by atoms with E-state index in [2.05, 4.69) is 42.1 Å². The van der Waals surface area contributed by atoms with Gasteiger partial charge in [0.05, 0.1) is 17.9 Å². The highest BCUT2D eigenvalue weighted by Crippen LogP contribution is 2.27. The molecular weight excluding hydrogens is 256 g/mol. The molecule has 2 aromatic heterocycles. The molecule has 0 amide bonds. The minimum absolute atomic E-state index is 0.0455. The molecule has 1 atom stereocenters. The number of nitrogens with two attached hydrogens (primary N) is 1. The second-order valence-corrected chi connectivity index (χ2v) is 5.89. The predicted molar refractivity (Wildman–Crippen MR) is 78.4 cm³/mol. The first-order chi connectivity index (χ1) is 9.04. The van der Waals surface area contributed by atoms with Crippen molar-refractivity contribution in [2.24, 2.45) is 5.73 Å². The van der Waals surface area contributed by atoms with Gasteiger partial charge in [0.25, 0.3) is 0 Å². The van der Waals surface area contributed by atoms with Crippen LogP contribution in [-0.4, -0.2) is 14.6 Å². The van der Waals surface area contributed by atoms with Crippen LogP contribution in [0.4, 0.5) is 0 Å². The van der Waals surface area contributed by atoms with E-state index in [9.17, 15) is 0 Å². The molecule has 0 saturated heterocycles. The van der Waals surface area contributed by atoms with Crippen LogP contribution < -0.4 is 5.73 Å². The van der Waals surface area contributed by atoms with Gasteiger partial charge < -0.3 is 5.73 Å². The first-order valence-electron chi connectivity index (χ1n) is 6.24. The quantitative estimate of drug-likeness (QED) is 0.780. The van der Waals surface area contributed by atoms with Gasteiger partial charge in [0.1, 0.15) is 5.01 Å². The van der Waals surface area contributed by atoms with Gasteiger partial charge in [0.15, 0.2) is 0 Å². The lowest BCUT2D eigenvalue weighted by Gasteiger charge is -2.03. The monoisotopic (exact) mass is 272 g/mol. The van der Waals surface area contributed by atoms with Gasteiger partial charge in [-0.15, -0.1) is 0 Å². The minimum Gasteiger partial charge on any atom is -0.322 e. The van der Waals surface area contributed by atoms with E-state index in [4.69, 9.17) is 5.73 Å². The highest BCUT2D eigenvalue weighted by atomic mass is 32.1. The molecule has 2 heterocycles. The molecule has 0 aliphatic rings. The van der Waals surface area contributed by atoms with Crippen molar-refractivity contribution in [1.82, 2.24) is 14.6 Å². The molecule has 3 aromatic rings. The lowest BCUT2D eigenvalue weighted by molar-refractivity contribution is 0.769. The number of imidazole rings is 1. The van der Waals surface area contributed by atoms with Crippen LogP contribution in [0.5, 0.6) is 0 Å². The molecule has 19 heavy (non-hydrogen) atoms. The summed E-state index contributed by atoms with van der Waals surface area (Å²) in [6, 6.07) is 6.35. The van der Waals surface area contributed by atoms with Crippen molar-refractivity contribution in [1.29, 1.82) is 0 Å². The molecule has 1 aromatic carbocycles. The van der Waals surface area contributed by atoms with Gasteiger partial charge in [-0.2, -0.15) is 5.10 Å². The topological polar surface area (TPSA) is 56.2 Å². The van der Waals surface area contributed by atoms with Crippen molar-refractivity contribution in [3.8, 4) is 11.3 Å². The maximum atomic E-state index is 5.84. The molecular formula is C14H16N4S. The van der Waals surface area contributed by atoms with Crippen LogP contribution in [0.3, 0.4) is 0 Å². The number of nitrogens with zero attached hydrogens (tertiary/aromatic N) is 3. The first kappa shape index (κ1) is 12.3. The van der Waals surface area contributed by atoms with E-state index >= 15 is 0 Å². The Hall–Kier alpha value is -1.72. The minimum atomic E-state index is -0.0455. The maximum absolute atomic E-state index is 5.84. The van der Waals surface area contributed by atoms with Crippen LogP contribution in [0, 0.1) is 13.8 Å². The summed E-state index contributed by atoms with van der Waals surface area (Å²) in [4.78, 5) is 5.54. The molecule has 0 aliphatic carbocycles. The van der Waals surface area contributed by atoms with Crippen molar-refractivity contribution >= 4 is 16.3 Å². The highest BCUT2D eigenvalue weighted by molar-refractivity contribution is 7.16. The van der Waals surface area contributed by atoms with Gasteiger partial charge in [-0.3, -0.25) is 0 Å². The Bertz CT molecular complexity index is 708. The van der Waals surface area contributed by atoms with Crippen LogP contribution in [0.1, 0.15) is 29.1 Å². The molecule has 98 valence electrons. The number of benzene rings is 1. The molecule has 0 spiro atoms. The Balaban J connectivity index is 2.11. The van der Waals surface area contributed by atoms with E-state index in [1.165, 1.54) is 16.7 Å². The Labute approximate surface area is 115 Å². The van der Waals surface area contributed by atoms with Crippen LogP contribution >= 0.6 is 11.3 Å². The summed E-state index contributed by atoms with van der Waals surface area (Å²) in [5.41, 5.74) is 10.4. The lowest BCUT2D eigenvalue weighted by Crippen LogP contribution is -2.04. The largest absolute Gasteiger partial charge is 0.322 e. The molecule has 0 aliphatic heterocycles. The normalized spacial score (nSPS) is 13.1. The summed E-state index contributed by atoms with van der Waals surface area (Å²) in [7, 11) is 0. The summed E-state index contributed by atoms with van der Waals surface area (Å²) >= 11 is 1.55. The van der Waals surface area contributed by atoms with Crippen LogP contribution in [0.15, 0.2) is 24.4 Å². The summed E-state index contributed by atoms with van der Waals surface area (Å²) in [5, 5.41) is 5.37. The zero-order valence-corrected chi connectivity index (χ0v) is 12.0. The average molecular weight is 272 g/mol. The molecule has 0 radical (unpaired) electrons. The number of aromatic nitrogens is 3. The SMILES string of the molecule is Cc1ccc(C)c(-c2cn3nc(C(C)N)sc3n2)c1. The number of hydrogen-bond donors (Lipinski definition) is 1. The smallest absolute Gasteiger partial charge is 0.212 e. The Morgan fingerprint density at radius 3 is 2.79 bits per heavy atom. The highest BCUT2D eigenvalue weighted by Gasteiger charge is 2.13. The fourth-order valence-electron chi connectivity index (χ4n) is 2.04. The first-order valence-corrected chi connectivity index (χ1v) is 7.05. The van der Waals surface area contributed by atoms with Crippen LogP contribution in [0.2, 0.25) is 0 Å². The van der Waals surface area contributed by atoms with E-state index in [1.54, 1.807) is 11.3 Å². The fraction of sp³-hybridized carbons (Fsp3) is 0.286. The van der Waals surface area contributed by atoms with Crippen LogP contribution in [-0.2, 0) is 0 Å². The van der Waals surface area contributed by atoms with Crippen LogP contribution in [0.25, 0.3) is 16.2 Å². The molecule has 0 bridgehead atoms. The molecule has 4 nitrogen and oxygen atoms in total. The van der Waals surface area contributed by atoms with Gasteiger partial charge in [-0.1, -0.05) is 29.0 Å². The third kappa shape index (κ3) is 2.15. The number of fused-ring (bicyclic) bond motifs is 1. The van der Waals surface area contributed by atoms with E-state index in [1.807, 2.05) is 17.6 Å². The predicted octanol–water partition coefficient (Wildman–Crippen LogP) is 3.09. The standard InChI is InChI=1S/C14H16N4S/c1-8-4-5-9(2)11(6-8)12-7-18-14(16-12)19-13(17-18)10(3)15/h4-7,10H,15H2,1-3H3. The summed E-state index contributed by atoms with van der Waals surface area (Å²) in [6.45, 7) is 6.13. The van der Waals surface area contributed by atoms with Gasteiger partial charge in [-0.05, 0) is 32.4 Å². The summed E-state index contributed by atoms with van der Waals surface area (Å²) in [5.74, 6) is 0. The third-order valence-electron chi connectivity index (χ3n) is 3.12. The number of rotatable bonds is 2. The zero-order valence-electron chi connectivity index (χ0n) is 11.2. The maximum Gasteiger partial charge on any atom is 0.212 e. The van der Waals surface area contributed by atoms with Crippen molar-refractivity contribution in [3.05, 3.63) is 40.5 Å². The van der Waals surface area contributed by atoms with Crippen molar-refractivity contribution < 1.29 is 0 Å². The Morgan fingerprint density at radius 2 is 2.11 bits per heavy atom. The number of hydrogen-bond acceptors (Lipinski definition) is 4. The van der Waals surface area contributed by atoms with Gasteiger partial charge in [0, 0.05) is 5.56 Å². The van der Waals surface area contributed by atoms with Gasteiger partial charge >= 0.3 is 0 Å². The molecule has 0 saturated carbocycles. The van der Waals surface area contributed by atoms with E-state index in [0.29, 0.717) is 0 Å². The molecule has 0 fully saturated rings. The number of aryl methyl sites for hydroxylation is 2. The Kier molecular flexibility index (Phi) is 2.88. The van der Waals surface area contributed by atoms with E-state index in [-0.39, 0.29) is 6.04 Å². The van der Waals surface area contributed by atoms with Gasteiger partial charge in [-0.25, -0.2) is 9.50 Å². The second kappa shape index (κ2) is 4.43. The fourth-order valence-corrected chi connectivity index (χ4v) is 2.87. The van der Waals surface area contributed by atoms with Crippen molar-refractivity contribution in [2.45, 2.75) is 26.8 Å². The lowest BCUT2D eigenvalue weighted by atomic mass is 10.0. The second-order valence-electron chi connectivity index (χ2n) is 4.90. The Morgan fingerprint density at radius 1 is 1.32 bits per heavy atom. The van der Waals surface area contributed by atoms with E-state index < -0.39 is 0 Å².